The molecular formula is C31H35F2N5O6. The van der Waals surface area contributed by atoms with Crippen molar-refractivity contribution in [1.29, 1.82) is 0 Å². The van der Waals surface area contributed by atoms with Crippen LogP contribution in [0.15, 0.2) is 42.6 Å². The van der Waals surface area contributed by atoms with Crippen LogP contribution in [0.1, 0.15) is 43.1 Å². The number of amides is 2. The van der Waals surface area contributed by atoms with Crippen molar-refractivity contribution in [2.45, 2.75) is 50.7 Å². The molecule has 2 amide bonds. The summed E-state index contributed by atoms with van der Waals surface area (Å²) in [5.74, 6) is -2.11. The van der Waals surface area contributed by atoms with Crippen molar-refractivity contribution in [2.24, 2.45) is 5.92 Å². The first-order valence-electron chi connectivity index (χ1n) is 14.7. The number of ether oxygens (including phenoxy) is 4. The van der Waals surface area contributed by atoms with Gasteiger partial charge in [0.05, 0.1) is 40.1 Å². The highest BCUT2D eigenvalue weighted by molar-refractivity contribution is 6.06. The van der Waals surface area contributed by atoms with Gasteiger partial charge in [0.2, 0.25) is 5.95 Å². The lowest BCUT2D eigenvalue weighted by Gasteiger charge is -2.39. The van der Waals surface area contributed by atoms with E-state index in [1.165, 1.54) is 19.1 Å². The van der Waals surface area contributed by atoms with E-state index in [2.05, 4.69) is 10.3 Å². The number of aromatic nitrogens is 2. The third-order valence-corrected chi connectivity index (χ3v) is 8.40. The first-order chi connectivity index (χ1) is 21.4. The summed E-state index contributed by atoms with van der Waals surface area (Å²) in [6, 6.07) is 9.86. The van der Waals surface area contributed by atoms with E-state index in [1.54, 1.807) is 6.20 Å². The van der Waals surface area contributed by atoms with Crippen molar-refractivity contribution in [3.8, 4) is 11.5 Å². The average molecular weight is 612 g/mol. The van der Waals surface area contributed by atoms with Gasteiger partial charge in [-0.1, -0.05) is 43.2 Å². The van der Waals surface area contributed by atoms with E-state index in [1.807, 2.05) is 30.3 Å². The van der Waals surface area contributed by atoms with Crippen LogP contribution in [0.5, 0.6) is 11.5 Å². The number of aliphatic hydroxyl groups excluding tert-OH is 1. The molecule has 6 rings (SSSR count). The molecule has 2 N–H and O–H groups in total. The fourth-order valence-corrected chi connectivity index (χ4v) is 6.03. The summed E-state index contributed by atoms with van der Waals surface area (Å²) in [6.07, 6.45) is 3.87. The number of benzene rings is 2. The van der Waals surface area contributed by atoms with Crippen molar-refractivity contribution in [3.63, 3.8) is 0 Å². The Hall–Kier alpha value is -4.07. The highest BCUT2D eigenvalue weighted by atomic mass is 19.1. The van der Waals surface area contributed by atoms with Crippen molar-refractivity contribution < 1.29 is 37.6 Å². The molecule has 2 aromatic carbocycles. The van der Waals surface area contributed by atoms with E-state index in [4.69, 9.17) is 23.9 Å². The second-order valence-electron chi connectivity index (χ2n) is 11.1. The number of hydrogen-bond acceptors (Lipinski definition) is 9. The first kappa shape index (κ1) is 30.0. The molecule has 234 valence electrons. The average Bonchev–Trinajstić information content (AvgIpc) is 3.59. The first-order valence-corrected chi connectivity index (χ1v) is 14.7. The molecule has 44 heavy (non-hydrogen) atoms. The molecule has 2 aliphatic heterocycles. The molecule has 1 aromatic heterocycles. The van der Waals surface area contributed by atoms with Crippen LogP contribution in [-0.4, -0.2) is 67.2 Å². The standard InChI is InChI=1S/C31H35F2N5O6/c1-41-22-12-23(42-2)26(33)27(25(22)32)37-15-19-13-34-30(36-28(19)38(31(37)40)21-10-6-7-11-21)35-14-24-20(16-39)17-43-29(44-24)18-8-4-3-5-9-18/h3-5,8-9,12-13,20-21,24,29,39H,6-7,10-11,14-17H2,1-2H3,(H,34,35,36)/t20-,24?,29-/m0/s1. The Balaban J connectivity index is 1.28. The maximum Gasteiger partial charge on any atom is 0.330 e. The lowest BCUT2D eigenvalue weighted by molar-refractivity contribution is -0.242. The van der Waals surface area contributed by atoms with Crippen LogP contribution in [0.25, 0.3) is 0 Å². The summed E-state index contributed by atoms with van der Waals surface area (Å²) in [4.78, 5) is 25.8. The zero-order valence-electron chi connectivity index (χ0n) is 24.5. The number of methoxy groups -OCH3 is 2. The van der Waals surface area contributed by atoms with Crippen LogP contribution >= 0.6 is 0 Å². The van der Waals surface area contributed by atoms with E-state index in [0.717, 1.165) is 42.2 Å². The maximum atomic E-state index is 15.5. The van der Waals surface area contributed by atoms with Crippen molar-refractivity contribution in [1.82, 2.24) is 9.97 Å². The third kappa shape index (κ3) is 5.62. The molecule has 11 nitrogen and oxygen atoms in total. The Bertz CT molecular complexity index is 1460. The minimum Gasteiger partial charge on any atom is -0.493 e. The Labute approximate surface area is 253 Å². The van der Waals surface area contributed by atoms with Gasteiger partial charge in [-0.3, -0.25) is 9.80 Å². The monoisotopic (exact) mass is 611 g/mol. The highest BCUT2D eigenvalue weighted by Gasteiger charge is 2.41. The van der Waals surface area contributed by atoms with Gasteiger partial charge in [-0.15, -0.1) is 0 Å². The number of anilines is 3. The molecule has 1 saturated carbocycles. The van der Waals surface area contributed by atoms with Crippen LogP contribution in [0, 0.1) is 17.6 Å². The third-order valence-electron chi connectivity index (χ3n) is 8.40. The number of halogens is 2. The molecule has 1 unspecified atom stereocenters. The number of fused-ring (bicyclic) bond motifs is 1. The highest BCUT2D eigenvalue weighted by Crippen LogP contribution is 2.42. The Morgan fingerprint density at radius 3 is 2.45 bits per heavy atom. The molecular weight excluding hydrogens is 576 g/mol. The Kier molecular flexibility index (Phi) is 8.78. The number of aliphatic hydroxyl groups is 1. The van der Waals surface area contributed by atoms with Gasteiger partial charge in [-0.2, -0.15) is 4.98 Å². The van der Waals surface area contributed by atoms with E-state index in [0.29, 0.717) is 18.0 Å². The molecule has 3 aromatic rings. The number of nitrogens with one attached hydrogen (secondary N) is 1. The predicted octanol–water partition coefficient (Wildman–Crippen LogP) is 4.80. The number of rotatable bonds is 9. The van der Waals surface area contributed by atoms with Gasteiger partial charge in [0, 0.05) is 41.9 Å². The quantitative estimate of drug-likeness (QED) is 0.352. The van der Waals surface area contributed by atoms with E-state index >= 15 is 8.78 Å². The molecule has 0 radical (unpaired) electrons. The summed E-state index contributed by atoms with van der Waals surface area (Å²) < 4.78 is 53.3. The summed E-state index contributed by atoms with van der Waals surface area (Å²) in [7, 11) is 2.52. The molecule has 0 bridgehead atoms. The maximum absolute atomic E-state index is 15.5. The molecule has 2 fully saturated rings. The number of carbonyl (C=O) groups is 1. The van der Waals surface area contributed by atoms with Crippen LogP contribution < -0.4 is 24.6 Å². The van der Waals surface area contributed by atoms with Crippen LogP contribution in [0.2, 0.25) is 0 Å². The van der Waals surface area contributed by atoms with Gasteiger partial charge >= 0.3 is 6.03 Å². The Morgan fingerprint density at radius 1 is 1.09 bits per heavy atom. The van der Waals surface area contributed by atoms with Gasteiger partial charge in [0.25, 0.3) is 0 Å². The zero-order chi connectivity index (χ0) is 30.8. The lowest BCUT2D eigenvalue weighted by atomic mass is 10.0. The fourth-order valence-electron chi connectivity index (χ4n) is 6.03. The number of nitrogens with zero attached hydrogens (tertiary/aromatic N) is 4. The molecule has 3 aliphatic rings. The normalized spacial score (nSPS) is 22.2. The molecule has 1 saturated heterocycles. The van der Waals surface area contributed by atoms with Crippen LogP contribution in [-0.2, 0) is 16.0 Å². The summed E-state index contributed by atoms with van der Waals surface area (Å²) in [5.41, 5.74) is 0.847. The molecule has 3 atom stereocenters. The zero-order valence-corrected chi connectivity index (χ0v) is 24.5. The number of hydrogen-bond donors (Lipinski definition) is 2. The minimum atomic E-state index is -1.00. The summed E-state index contributed by atoms with van der Waals surface area (Å²) in [5, 5.41) is 13.1. The topological polar surface area (TPSA) is 119 Å². The minimum absolute atomic E-state index is 0.124. The largest absolute Gasteiger partial charge is 0.493 e. The Morgan fingerprint density at radius 2 is 1.80 bits per heavy atom. The molecule has 13 heteroatoms. The van der Waals surface area contributed by atoms with Crippen molar-refractivity contribution in [2.75, 3.05) is 49.1 Å². The SMILES string of the molecule is COc1cc(OC)c(F)c(N2Cc3cnc(NCC4O[C@@H](c5ccccc5)OC[C@@H]4CO)nc3N(C3CCCC3)C2=O)c1F. The van der Waals surface area contributed by atoms with Crippen molar-refractivity contribution in [3.05, 3.63) is 65.4 Å². The second kappa shape index (κ2) is 12.9. The van der Waals surface area contributed by atoms with Crippen LogP contribution in [0.4, 0.5) is 31.0 Å². The lowest BCUT2D eigenvalue weighted by Crippen LogP contribution is -2.52. The number of urea groups is 1. The van der Waals surface area contributed by atoms with E-state index in [9.17, 15) is 9.90 Å². The summed E-state index contributed by atoms with van der Waals surface area (Å²) in [6.45, 7) is 0.312. The van der Waals surface area contributed by atoms with Gasteiger partial charge in [-0.25, -0.2) is 18.6 Å². The van der Waals surface area contributed by atoms with Crippen LogP contribution in [0.3, 0.4) is 0 Å². The molecule has 1 aliphatic carbocycles. The van der Waals surface area contributed by atoms with Gasteiger partial charge in [-0.05, 0) is 12.8 Å². The van der Waals surface area contributed by atoms with Crippen molar-refractivity contribution >= 4 is 23.5 Å². The van der Waals surface area contributed by atoms with Gasteiger partial charge in [0.1, 0.15) is 11.5 Å². The summed E-state index contributed by atoms with van der Waals surface area (Å²) >= 11 is 0. The molecule has 3 heterocycles. The van der Waals surface area contributed by atoms with Gasteiger partial charge in [0.15, 0.2) is 29.4 Å². The fraction of sp³-hybridized carbons (Fsp3) is 0.452. The predicted molar refractivity (Wildman–Crippen MR) is 157 cm³/mol. The van der Waals surface area contributed by atoms with E-state index < -0.39 is 35.7 Å². The second-order valence-corrected chi connectivity index (χ2v) is 11.1. The van der Waals surface area contributed by atoms with E-state index in [-0.39, 0.29) is 49.1 Å². The van der Waals surface area contributed by atoms with Gasteiger partial charge < -0.3 is 29.4 Å². The number of carbonyl (C=O) groups excluding carboxylic acids is 1. The smallest absolute Gasteiger partial charge is 0.330 e. The molecule has 0 spiro atoms.